The van der Waals surface area contributed by atoms with E-state index in [1.807, 2.05) is 0 Å². The third kappa shape index (κ3) is 3.65. The Hall–Kier alpha value is -0.580. The van der Waals surface area contributed by atoms with Gasteiger partial charge in [-0.1, -0.05) is 12.1 Å². The van der Waals surface area contributed by atoms with Crippen LogP contribution < -0.4 is 0 Å². The molecular formula is C9H8CaO4. The van der Waals surface area contributed by atoms with Crippen LogP contribution >= 0.6 is 0 Å². The van der Waals surface area contributed by atoms with Crippen molar-refractivity contribution >= 4 is 49.7 Å². The topological polar surface area (TPSA) is 63.6 Å². The number of carbonyl (C=O) groups excluding carboxylic acids is 2. The fourth-order valence-corrected chi connectivity index (χ4v) is 0.832. The van der Waals surface area contributed by atoms with Crippen molar-refractivity contribution in [2.45, 2.75) is 6.92 Å². The van der Waals surface area contributed by atoms with Crippen LogP contribution in [0.3, 0.4) is 0 Å². The zero-order valence-electron chi connectivity index (χ0n) is 7.69. The van der Waals surface area contributed by atoms with Crippen LogP contribution in [0.4, 0.5) is 0 Å². The third-order valence-electron chi connectivity index (χ3n) is 1.36. The number of hydrogen-bond acceptors (Lipinski definition) is 4. The van der Waals surface area contributed by atoms with Gasteiger partial charge in [0.15, 0.2) is 0 Å². The first-order valence-electron chi connectivity index (χ1n) is 3.62. The van der Waals surface area contributed by atoms with Crippen molar-refractivity contribution in [1.29, 1.82) is 0 Å². The van der Waals surface area contributed by atoms with Crippen LogP contribution in [0.5, 0.6) is 5.75 Å². The van der Waals surface area contributed by atoms with Crippen molar-refractivity contribution < 1.29 is 19.4 Å². The standard InChI is InChI=1S/C9H8O4.Ca/c1-6(10)13-9(12)7-4-2-3-5-8(7)11;/h2-5,11H,1H3;. The Morgan fingerprint density at radius 3 is 2.36 bits per heavy atom. The minimum Gasteiger partial charge on any atom is -0.507 e. The van der Waals surface area contributed by atoms with E-state index in [2.05, 4.69) is 4.74 Å². The van der Waals surface area contributed by atoms with Crippen LogP contribution in [0.25, 0.3) is 0 Å². The van der Waals surface area contributed by atoms with E-state index in [1.165, 1.54) is 12.1 Å². The Labute approximate surface area is 111 Å². The summed E-state index contributed by atoms with van der Waals surface area (Å²) in [7, 11) is 0. The summed E-state index contributed by atoms with van der Waals surface area (Å²) in [5.41, 5.74) is -0.0160. The average molecular weight is 220 g/mol. The van der Waals surface area contributed by atoms with E-state index in [9.17, 15) is 14.7 Å². The minimum absolute atomic E-state index is 0. The second kappa shape index (κ2) is 6.01. The second-order valence-electron chi connectivity index (χ2n) is 2.40. The molecule has 1 N–H and O–H groups in total. The number of rotatable bonds is 1. The zero-order chi connectivity index (χ0) is 9.84. The van der Waals surface area contributed by atoms with Gasteiger partial charge in [0, 0.05) is 44.7 Å². The van der Waals surface area contributed by atoms with Gasteiger partial charge in [-0.2, -0.15) is 0 Å². The molecule has 5 heteroatoms. The molecule has 0 saturated carbocycles. The van der Waals surface area contributed by atoms with E-state index in [-0.39, 0.29) is 49.1 Å². The van der Waals surface area contributed by atoms with Crippen LogP contribution in [0.15, 0.2) is 24.3 Å². The number of phenolic OH excluding ortho intramolecular Hbond substituents is 1. The van der Waals surface area contributed by atoms with Crippen LogP contribution in [-0.2, 0) is 9.53 Å². The van der Waals surface area contributed by atoms with Gasteiger partial charge in [-0.25, -0.2) is 4.79 Å². The van der Waals surface area contributed by atoms with Gasteiger partial charge in [-0.05, 0) is 12.1 Å². The number of phenols is 1. The molecule has 0 saturated heterocycles. The molecule has 0 heterocycles. The Morgan fingerprint density at radius 2 is 1.86 bits per heavy atom. The van der Waals surface area contributed by atoms with Gasteiger partial charge in [0.25, 0.3) is 0 Å². The molecule has 0 amide bonds. The first kappa shape index (κ1) is 13.4. The summed E-state index contributed by atoms with van der Waals surface area (Å²) in [6, 6.07) is 5.85. The van der Waals surface area contributed by atoms with E-state index < -0.39 is 11.9 Å². The molecule has 0 spiro atoms. The Kier molecular flexibility index (Phi) is 5.76. The predicted octanol–water partition coefficient (Wildman–Crippen LogP) is 0.715. The maximum Gasteiger partial charge on any atom is 0.349 e. The molecule has 2 radical (unpaired) electrons. The smallest absolute Gasteiger partial charge is 0.349 e. The van der Waals surface area contributed by atoms with Crippen molar-refractivity contribution in [3.8, 4) is 5.75 Å². The SMILES string of the molecule is CC(=O)OC(=O)c1ccccc1O.[Ca]. The summed E-state index contributed by atoms with van der Waals surface area (Å²) in [6.07, 6.45) is 0. The van der Waals surface area contributed by atoms with E-state index in [0.717, 1.165) is 6.92 Å². The number of aromatic hydroxyl groups is 1. The molecule has 0 aliphatic rings. The molecule has 0 atom stereocenters. The zero-order valence-corrected chi connectivity index (χ0v) is 9.90. The summed E-state index contributed by atoms with van der Waals surface area (Å²) in [4.78, 5) is 21.5. The van der Waals surface area contributed by atoms with Crippen LogP contribution in [0.2, 0.25) is 0 Å². The molecule has 0 aliphatic heterocycles. The summed E-state index contributed by atoms with van der Waals surface area (Å²) in [6.45, 7) is 1.12. The van der Waals surface area contributed by atoms with Gasteiger partial charge in [0.05, 0.1) is 0 Å². The fourth-order valence-electron chi connectivity index (χ4n) is 0.832. The molecule has 1 rings (SSSR count). The quantitative estimate of drug-likeness (QED) is 0.430. The summed E-state index contributed by atoms with van der Waals surface area (Å²) in [5.74, 6) is -1.74. The molecule has 1 aromatic rings. The largest absolute Gasteiger partial charge is 0.507 e. The molecule has 1 aromatic carbocycles. The first-order chi connectivity index (χ1) is 6.11. The van der Waals surface area contributed by atoms with Crippen LogP contribution in [-0.4, -0.2) is 54.8 Å². The number of benzene rings is 1. The van der Waals surface area contributed by atoms with Gasteiger partial charge in [0.2, 0.25) is 0 Å². The molecule has 14 heavy (non-hydrogen) atoms. The Morgan fingerprint density at radius 1 is 1.29 bits per heavy atom. The second-order valence-corrected chi connectivity index (χ2v) is 2.40. The number of carbonyl (C=O) groups is 2. The normalized spacial score (nSPS) is 8.64. The van der Waals surface area contributed by atoms with Gasteiger partial charge >= 0.3 is 11.9 Å². The van der Waals surface area contributed by atoms with E-state index in [1.54, 1.807) is 12.1 Å². The van der Waals surface area contributed by atoms with Gasteiger partial charge < -0.3 is 9.84 Å². The first-order valence-corrected chi connectivity index (χ1v) is 3.62. The maximum absolute atomic E-state index is 11.1. The van der Waals surface area contributed by atoms with Crippen molar-refractivity contribution in [2.24, 2.45) is 0 Å². The van der Waals surface area contributed by atoms with Gasteiger partial charge in [-0.15, -0.1) is 0 Å². The van der Waals surface area contributed by atoms with Crippen molar-refractivity contribution in [1.82, 2.24) is 0 Å². The fraction of sp³-hybridized carbons (Fsp3) is 0.111. The monoisotopic (exact) mass is 220 g/mol. The number of esters is 2. The molecule has 0 aliphatic carbocycles. The maximum atomic E-state index is 11.1. The molecule has 70 valence electrons. The number of hydrogen-bond donors (Lipinski definition) is 1. The molecule has 0 fully saturated rings. The predicted molar refractivity (Wildman–Crippen MR) is 50.0 cm³/mol. The molecule has 0 unspecified atom stereocenters. The number of ether oxygens (including phenoxy) is 1. The van der Waals surface area contributed by atoms with Crippen LogP contribution in [0.1, 0.15) is 17.3 Å². The van der Waals surface area contributed by atoms with E-state index >= 15 is 0 Å². The van der Waals surface area contributed by atoms with Gasteiger partial charge in [0.1, 0.15) is 11.3 Å². The van der Waals surface area contributed by atoms with Crippen molar-refractivity contribution in [2.75, 3.05) is 0 Å². The number of para-hydroxylation sites is 1. The van der Waals surface area contributed by atoms with E-state index in [0.29, 0.717) is 0 Å². The van der Waals surface area contributed by atoms with Gasteiger partial charge in [-0.3, -0.25) is 4.79 Å². The molecule has 0 bridgehead atoms. The third-order valence-corrected chi connectivity index (χ3v) is 1.36. The Balaban J connectivity index is 0.00000169. The van der Waals surface area contributed by atoms with E-state index in [4.69, 9.17) is 0 Å². The van der Waals surface area contributed by atoms with Crippen molar-refractivity contribution in [3.05, 3.63) is 29.8 Å². The molecule has 0 aromatic heterocycles. The molecule has 4 nitrogen and oxygen atoms in total. The average Bonchev–Trinajstić information content (AvgIpc) is 2.03. The summed E-state index contributed by atoms with van der Waals surface area (Å²) >= 11 is 0. The van der Waals surface area contributed by atoms with Crippen LogP contribution in [0, 0.1) is 0 Å². The summed E-state index contributed by atoms with van der Waals surface area (Å²) in [5, 5.41) is 9.18. The summed E-state index contributed by atoms with van der Waals surface area (Å²) < 4.78 is 4.28. The minimum atomic E-state index is -0.842. The molecular weight excluding hydrogens is 212 g/mol. The Bertz CT molecular complexity index is 348. The van der Waals surface area contributed by atoms with Crippen molar-refractivity contribution in [3.63, 3.8) is 0 Å².